The maximum absolute atomic E-state index is 5.94. The summed E-state index contributed by atoms with van der Waals surface area (Å²) in [6.07, 6.45) is 2.64. The Morgan fingerprint density at radius 3 is 3.07 bits per heavy atom. The van der Waals surface area contributed by atoms with Gasteiger partial charge in [0.05, 0.1) is 5.69 Å². The van der Waals surface area contributed by atoms with Crippen LogP contribution < -0.4 is 5.73 Å². The summed E-state index contributed by atoms with van der Waals surface area (Å²) < 4.78 is 0. The van der Waals surface area contributed by atoms with Gasteiger partial charge in [0.2, 0.25) is 0 Å². The smallest absolute Gasteiger partial charge is 0.154 e. The zero-order chi connectivity index (χ0) is 10.9. The minimum Gasteiger partial charge on any atom is -0.379 e. The second-order valence-electron chi connectivity index (χ2n) is 3.68. The Kier molecular flexibility index (Phi) is 2.89. The number of nitrogens with zero attached hydrogens (tertiary/aromatic N) is 2. The van der Waals surface area contributed by atoms with Crippen LogP contribution in [0.25, 0.3) is 0 Å². The van der Waals surface area contributed by atoms with Gasteiger partial charge >= 0.3 is 0 Å². The lowest BCUT2D eigenvalue weighted by molar-refractivity contribution is 0.467. The SMILES string of the molecule is C[C@@]1(c2cc(Cl)ccn2)CCSC(N)=N1. The zero-order valence-electron chi connectivity index (χ0n) is 8.40. The van der Waals surface area contributed by atoms with E-state index in [4.69, 9.17) is 17.3 Å². The molecule has 2 rings (SSSR count). The van der Waals surface area contributed by atoms with E-state index in [9.17, 15) is 0 Å². The van der Waals surface area contributed by atoms with E-state index in [1.165, 1.54) is 0 Å². The molecule has 5 heteroatoms. The van der Waals surface area contributed by atoms with Gasteiger partial charge in [-0.1, -0.05) is 23.4 Å². The van der Waals surface area contributed by atoms with Crippen molar-refractivity contribution < 1.29 is 0 Å². The van der Waals surface area contributed by atoms with Crippen LogP contribution in [0, 0.1) is 0 Å². The maximum atomic E-state index is 5.94. The van der Waals surface area contributed by atoms with Crippen LogP contribution in [0.5, 0.6) is 0 Å². The first-order valence-corrected chi connectivity index (χ1v) is 6.07. The molecule has 3 nitrogen and oxygen atoms in total. The normalized spacial score (nSPS) is 26.1. The molecule has 0 aromatic carbocycles. The van der Waals surface area contributed by atoms with Gasteiger partial charge in [0.1, 0.15) is 5.54 Å². The van der Waals surface area contributed by atoms with E-state index in [0.717, 1.165) is 17.9 Å². The van der Waals surface area contributed by atoms with Crippen molar-refractivity contribution in [1.29, 1.82) is 0 Å². The van der Waals surface area contributed by atoms with E-state index >= 15 is 0 Å². The Labute approximate surface area is 98.1 Å². The number of nitrogens with two attached hydrogens (primary N) is 1. The van der Waals surface area contributed by atoms with Crippen molar-refractivity contribution in [3.05, 3.63) is 29.0 Å². The molecule has 1 aliphatic heterocycles. The number of pyridine rings is 1. The molecule has 0 radical (unpaired) electrons. The van der Waals surface area contributed by atoms with Gasteiger partial charge in [-0.25, -0.2) is 4.99 Å². The summed E-state index contributed by atoms with van der Waals surface area (Å²) in [5.74, 6) is 0.972. The molecule has 0 spiro atoms. The molecule has 2 heterocycles. The first-order valence-electron chi connectivity index (χ1n) is 4.70. The van der Waals surface area contributed by atoms with Crippen molar-refractivity contribution in [1.82, 2.24) is 4.98 Å². The van der Waals surface area contributed by atoms with E-state index in [1.54, 1.807) is 24.0 Å². The van der Waals surface area contributed by atoms with Crippen molar-refractivity contribution in [2.45, 2.75) is 18.9 Å². The van der Waals surface area contributed by atoms with Gasteiger partial charge in [-0.15, -0.1) is 0 Å². The Bertz CT molecular complexity index is 407. The second kappa shape index (κ2) is 4.02. The van der Waals surface area contributed by atoms with Gasteiger partial charge in [-0.2, -0.15) is 0 Å². The number of rotatable bonds is 1. The quantitative estimate of drug-likeness (QED) is 0.822. The minimum absolute atomic E-state index is 0.319. The lowest BCUT2D eigenvalue weighted by Gasteiger charge is -2.28. The molecule has 0 unspecified atom stereocenters. The third-order valence-corrected chi connectivity index (χ3v) is 3.50. The molecular formula is C10H12ClN3S. The van der Waals surface area contributed by atoms with Crippen molar-refractivity contribution in [3.63, 3.8) is 0 Å². The Morgan fingerprint density at radius 2 is 2.40 bits per heavy atom. The molecule has 0 aliphatic carbocycles. The Balaban J connectivity index is 2.41. The Morgan fingerprint density at radius 1 is 1.60 bits per heavy atom. The first kappa shape index (κ1) is 10.8. The number of aliphatic imine (C=N–C) groups is 1. The molecule has 1 aromatic rings. The average Bonchev–Trinajstić information content (AvgIpc) is 2.17. The van der Waals surface area contributed by atoms with Crippen LogP contribution >= 0.6 is 23.4 Å². The highest BCUT2D eigenvalue weighted by atomic mass is 35.5. The van der Waals surface area contributed by atoms with E-state index < -0.39 is 0 Å². The standard InChI is InChI=1S/C10H12ClN3S/c1-10(3-5-15-9(12)14-10)8-6-7(11)2-4-13-8/h2,4,6H,3,5H2,1H3,(H2,12,14)/t10-/m0/s1. The molecule has 0 saturated heterocycles. The predicted octanol–water partition coefficient (Wildman–Crippen LogP) is 2.40. The summed E-state index contributed by atoms with van der Waals surface area (Å²) in [6.45, 7) is 2.04. The number of hydrogen-bond donors (Lipinski definition) is 1. The van der Waals surface area contributed by atoms with Crippen LogP contribution in [0.3, 0.4) is 0 Å². The Hall–Kier alpha value is -0.740. The monoisotopic (exact) mass is 241 g/mol. The number of thioether (sulfide) groups is 1. The van der Waals surface area contributed by atoms with E-state index in [2.05, 4.69) is 9.98 Å². The van der Waals surface area contributed by atoms with Crippen molar-refractivity contribution in [3.8, 4) is 0 Å². The number of halogens is 1. The second-order valence-corrected chi connectivity index (χ2v) is 5.23. The molecular weight excluding hydrogens is 230 g/mol. The fourth-order valence-electron chi connectivity index (χ4n) is 1.57. The molecule has 0 fully saturated rings. The highest BCUT2D eigenvalue weighted by Crippen LogP contribution is 2.34. The lowest BCUT2D eigenvalue weighted by atomic mass is 9.94. The summed E-state index contributed by atoms with van der Waals surface area (Å²) in [6, 6.07) is 3.62. The third kappa shape index (κ3) is 2.26. The van der Waals surface area contributed by atoms with Crippen molar-refractivity contribution in [2.24, 2.45) is 10.7 Å². The van der Waals surface area contributed by atoms with Crippen LogP contribution in [0.4, 0.5) is 0 Å². The summed E-state index contributed by atoms with van der Waals surface area (Å²) >= 11 is 7.52. The van der Waals surface area contributed by atoms with Crippen molar-refractivity contribution in [2.75, 3.05) is 5.75 Å². The summed E-state index contributed by atoms with van der Waals surface area (Å²) in [5.41, 5.74) is 6.31. The van der Waals surface area contributed by atoms with Gasteiger partial charge in [-0.3, -0.25) is 4.98 Å². The zero-order valence-corrected chi connectivity index (χ0v) is 9.98. The van der Waals surface area contributed by atoms with Crippen LogP contribution in [0.2, 0.25) is 5.02 Å². The topological polar surface area (TPSA) is 51.3 Å². The first-order chi connectivity index (χ1) is 7.10. The third-order valence-electron chi connectivity index (χ3n) is 2.47. The molecule has 1 aliphatic rings. The van der Waals surface area contributed by atoms with Gasteiger partial charge in [0.25, 0.3) is 0 Å². The molecule has 15 heavy (non-hydrogen) atoms. The van der Waals surface area contributed by atoms with E-state index in [-0.39, 0.29) is 5.54 Å². The van der Waals surface area contributed by atoms with Crippen LogP contribution in [0.15, 0.2) is 23.3 Å². The number of hydrogen-bond acceptors (Lipinski definition) is 4. The summed E-state index contributed by atoms with van der Waals surface area (Å²) in [5, 5.41) is 1.32. The summed E-state index contributed by atoms with van der Waals surface area (Å²) in [7, 11) is 0. The predicted molar refractivity (Wildman–Crippen MR) is 65.3 cm³/mol. The fourth-order valence-corrected chi connectivity index (χ4v) is 2.70. The van der Waals surface area contributed by atoms with E-state index in [1.807, 2.05) is 13.0 Å². The minimum atomic E-state index is -0.319. The molecule has 80 valence electrons. The molecule has 1 atom stereocenters. The lowest BCUT2D eigenvalue weighted by Crippen LogP contribution is -2.29. The highest BCUT2D eigenvalue weighted by molar-refractivity contribution is 8.13. The van der Waals surface area contributed by atoms with Gasteiger partial charge in [0, 0.05) is 17.0 Å². The molecule has 0 bridgehead atoms. The van der Waals surface area contributed by atoms with Gasteiger partial charge < -0.3 is 5.73 Å². The molecule has 1 aromatic heterocycles. The molecule has 2 N–H and O–H groups in total. The number of amidine groups is 1. The largest absolute Gasteiger partial charge is 0.379 e. The van der Waals surface area contributed by atoms with Gasteiger partial charge in [-0.05, 0) is 25.5 Å². The average molecular weight is 242 g/mol. The molecule has 0 saturated carbocycles. The van der Waals surface area contributed by atoms with E-state index in [0.29, 0.717) is 10.2 Å². The summed E-state index contributed by atoms with van der Waals surface area (Å²) in [4.78, 5) is 8.77. The van der Waals surface area contributed by atoms with Gasteiger partial charge in [0.15, 0.2) is 5.17 Å². The maximum Gasteiger partial charge on any atom is 0.154 e. The van der Waals surface area contributed by atoms with Crippen LogP contribution in [-0.4, -0.2) is 15.9 Å². The number of aromatic nitrogens is 1. The van der Waals surface area contributed by atoms with Crippen LogP contribution in [-0.2, 0) is 5.54 Å². The molecule has 0 amide bonds. The van der Waals surface area contributed by atoms with Crippen molar-refractivity contribution >= 4 is 28.5 Å². The van der Waals surface area contributed by atoms with Crippen LogP contribution in [0.1, 0.15) is 19.0 Å². The highest BCUT2D eigenvalue weighted by Gasteiger charge is 2.30. The fraction of sp³-hybridized carbons (Fsp3) is 0.400.